The fraction of sp³-hybridized carbons (Fsp3) is 0.500. The molecule has 0 heterocycles. The molecule has 1 saturated carbocycles. The van der Waals surface area contributed by atoms with Gasteiger partial charge < -0.3 is 15.8 Å². The molecule has 18 heavy (non-hydrogen) atoms. The Morgan fingerprint density at radius 3 is 2.78 bits per heavy atom. The van der Waals surface area contributed by atoms with Gasteiger partial charge >= 0.3 is 0 Å². The van der Waals surface area contributed by atoms with Crippen LogP contribution < -0.4 is 15.8 Å². The van der Waals surface area contributed by atoms with E-state index in [2.05, 4.69) is 5.32 Å². The summed E-state index contributed by atoms with van der Waals surface area (Å²) >= 11 is 0. The van der Waals surface area contributed by atoms with Crippen LogP contribution in [0.3, 0.4) is 0 Å². The molecule has 1 aromatic carbocycles. The zero-order chi connectivity index (χ0) is 13.0. The SMILES string of the molecule is CCOc1ccccc1C(=O)NCC1(N)CCC1. The maximum Gasteiger partial charge on any atom is 0.255 e. The highest BCUT2D eigenvalue weighted by molar-refractivity contribution is 5.96. The van der Waals surface area contributed by atoms with Gasteiger partial charge in [0.25, 0.3) is 5.91 Å². The van der Waals surface area contributed by atoms with Crippen LogP contribution in [0.2, 0.25) is 0 Å². The fourth-order valence-corrected chi connectivity index (χ4v) is 2.09. The number of hydrogen-bond acceptors (Lipinski definition) is 3. The molecular formula is C14H20N2O2. The van der Waals surface area contributed by atoms with Crippen LogP contribution in [-0.4, -0.2) is 24.6 Å². The largest absolute Gasteiger partial charge is 0.493 e. The van der Waals surface area contributed by atoms with Crippen molar-refractivity contribution in [3.63, 3.8) is 0 Å². The van der Waals surface area contributed by atoms with Crippen LogP contribution in [0.1, 0.15) is 36.5 Å². The van der Waals surface area contributed by atoms with Gasteiger partial charge in [-0.1, -0.05) is 12.1 Å². The van der Waals surface area contributed by atoms with Crippen LogP contribution in [0.5, 0.6) is 5.75 Å². The number of benzene rings is 1. The number of nitrogens with one attached hydrogen (secondary N) is 1. The van der Waals surface area contributed by atoms with E-state index in [1.807, 2.05) is 19.1 Å². The number of ether oxygens (including phenoxy) is 1. The van der Waals surface area contributed by atoms with Gasteiger partial charge in [-0.25, -0.2) is 0 Å². The highest BCUT2D eigenvalue weighted by Gasteiger charge is 2.32. The van der Waals surface area contributed by atoms with E-state index in [9.17, 15) is 4.79 Å². The topological polar surface area (TPSA) is 64.3 Å². The van der Waals surface area contributed by atoms with Crippen molar-refractivity contribution in [2.24, 2.45) is 5.73 Å². The lowest BCUT2D eigenvalue weighted by Crippen LogP contribution is -2.54. The molecule has 1 fully saturated rings. The molecule has 0 aliphatic heterocycles. The summed E-state index contributed by atoms with van der Waals surface area (Å²) in [6.07, 6.45) is 3.13. The van der Waals surface area contributed by atoms with E-state index in [1.54, 1.807) is 12.1 Å². The van der Waals surface area contributed by atoms with E-state index < -0.39 is 0 Å². The first kappa shape index (κ1) is 12.9. The summed E-state index contributed by atoms with van der Waals surface area (Å²) in [5.41, 5.74) is 6.45. The predicted octanol–water partition coefficient (Wildman–Crippen LogP) is 1.70. The van der Waals surface area contributed by atoms with Gasteiger partial charge in [0.05, 0.1) is 12.2 Å². The lowest BCUT2D eigenvalue weighted by Gasteiger charge is -2.38. The molecule has 1 amide bonds. The summed E-state index contributed by atoms with van der Waals surface area (Å²) in [7, 11) is 0. The minimum atomic E-state index is -0.198. The highest BCUT2D eigenvalue weighted by atomic mass is 16.5. The van der Waals surface area contributed by atoms with E-state index in [4.69, 9.17) is 10.5 Å². The highest BCUT2D eigenvalue weighted by Crippen LogP contribution is 2.28. The summed E-state index contributed by atoms with van der Waals surface area (Å²) in [6, 6.07) is 7.27. The Morgan fingerprint density at radius 2 is 2.17 bits per heavy atom. The Labute approximate surface area is 108 Å². The lowest BCUT2D eigenvalue weighted by molar-refractivity contribution is 0.0926. The molecule has 0 saturated heterocycles. The second-order valence-electron chi connectivity index (χ2n) is 4.83. The average molecular weight is 248 g/mol. The number of carbonyl (C=O) groups excluding carboxylic acids is 1. The molecule has 0 atom stereocenters. The van der Waals surface area contributed by atoms with E-state index in [-0.39, 0.29) is 11.4 Å². The zero-order valence-electron chi connectivity index (χ0n) is 10.7. The second kappa shape index (κ2) is 5.40. The average Bonchev–Trinajstić information content (AvgIpc) is 2.35. The number of nitrogens with two attached hydrogens (primary N) is 1. The van der Waals surface area contributed by atoms with E-state index >= 15 is 0 Å². The maximum atomic E-state index is 12.1. The third-order valence-electron chi connectivity index (χ3n) is 3.38. The Balaban J connectivity index is 1.99. The monoisotopic (exact) mass is 248 g/mol. The minimum Gasteiger partial charge on any atom is -0.493 e. The molecule has 0 spiro atoms. The van der Waals surface area contributed by atoms with Crippen molar-refractivity contribution in [2.45, 2.75) is 31.7 Å². The molecule has 0 radical (unpaired) electrons. The number of hydrogen-bond donors (Lipinski definition) is 2. The third kappa shape index (κ3) is 2.82. The molecule has 98 valence electrons. The smallest absolute Gasteiger partial charge is 0.255 e. The fourth-order valence-electron chi connectivity index (χ4n) is 2.09. The molecule has 3 N–H and O–H groups in total. The van der Waals surface area contributed by atoms with Gasteiger partial charge in [0.1, 0.15) is 5.75 Å². The van der Waals surface area contributed by atoms with Gasteiger partial charge in [-0.15, -0.1) is 0 Å². The summed E-state index contributed by atoms with van der Waals surface area (Å²) in [4.78, 5) is 12.1. The molecule has 0 aromatic heterocycles. The molecule has 1 aromatic rings. The Hall–Kier alpha value is -1.55. The molecular weight excluding hydrogens is 228 g/mol. The Bertz CT molecular complexity index is 428. The second-order valence-corrected chi connectivity index (χ2v) is 4.83. The molecule has 2 rings (SSSR count). The van der Waals surface area contributed by atoms with Crippen LogP contribution in [-0.2, 0) is 0 Å². The van der Waals surface area contributed by atoms with Gasteiger partial charge in [0, 0.05) is 12.1 Å². The maximum absolute atomic E-state index is 12.1. The normalized spacial score (nSPS) is 16.8. The van der Waals surface area contributed by atoms with Crippen molar-refractivity contribution < 1.29 is 9.53 Å². The number of para-hydroxylation sites is 1. The van der Waals surface area contributed by atoms with Gasteiger partial charge in [-0.3, -0.25) is 4.79 Å². The molecule has 0 unspecified atom stereocenters. The van der Waals surface area contributed by atoms with Crippen LogP contribution in [0, 0.1) is 0 Å². The van der Waals surface area contributed by atoms with Crippen LogP contribution in [0.15, 0.2) is 24.3 Å². The van der Waals surface area contributed by atoms with Crippen molar-refractivity contribution in [3.05, 3.63) is 29.8 Å². The first-order valence-electron chi connectivity index (χ1n) is 6.43. The number of rotatable bonds is 5. The first-order valence-corrected chi connectivity index (χ1v) is 6.43. The molecule has 1 aliphatic carbocycles. The van der Waals surface area contributed by atoms with Crippen molar-refractivity contribution in [3.8, 4) is 5.75 Å². The summed E-state index contributed by atoms with van der Waals surface area (Å²) < 4.78 is 5.44. The third-order valence-corrected chi connectivity index (χ3v) is 3.38. The van der Waals surface area contributed by atoms with Crippen molar-refractivity contribution >= 4 is 5.91 Å². The molecule has 0 bridgehead atoms. The van der Waals surface area contributed by atoms with Gasteiger partial charge in [0.2, 0.25) is 0 Å². The Morgan fingerprint density at radius 1 is 1.44 bits per heavy atom. The quantitative estimate of drug-likeness (QED) is 0.833. The van der Waals surface area contributed by atoms with E-state index in [0.717, 1.165) is 19.3 Å². The predicted molar refractivity (Wildman–Crippen MR) is 70.7 cm³/mol. The number of carbonyl (C=O) groups is 1. The molecule has 1 aliphatic rings. The first-order chi connectivity index (χ1) is 8.64. The van der Waals surface area contributed by atoms with Gasteiger partial charge in [-0.2, -0.15) is 0 Å². The summed E-state index contributed by atoms with van der Waals surface area (Å²) in [5.74, 6) is 0.507. The van der Waals surface area contributed by atoms with Crippen molar-refractivity contribution in [1.29, 1.82) is 0 Å². The molecule has 4 heteroatoms. The summed E-state index contributed by atoms with van der Waals surface area (Å²) in [5, 5.41) is 2.90. The van der Waals surface area contributed by atoms with Crippen LogP contribution >= 0.6 is 0 Å². The van der Waals surface area contributed by atoms with Crippen molar-refractivity contribution in [1.82, 2.24) is 5.32 Å². The summed E-state index contributed by atoms with van der Waals surface area (Å²) in [6.45, 7) is 2.98. The Kier molecular flexibility index (Phi) is 3.87. The van der Waals surface area contributed by atoms with Crippen LogP contribution in [0.4, 0.5) is 0 Å². The van der Waals surface area contributed by atoms with E-state index in [1.165, 1.54) is 0 Å². The van der Waals surface area contributed by atoms with Gasteiger partial charge in [0.15, 0.2) is 0 Å². The lowest BCUT2D eigenvalue weighted by atomic mass is 9.78. The molecule has 4 nitrogen and oxygen atoms in total. The minimum absolute atomic E-state index is 0.115. The van der Waals surface area contributed by atoms with Crippen LogP contribution in [0.25, 0.3) is 0 Å². The number of amides is 1. The standard InChI is InChI=1S/C14H20N2O2/c1-2-18-12-7-4-3-6-11(12)13(17)16-10-14(15)8-5-9-14/h3-4,6-7H,2,5,8-10,15H2,1H3,(H,16,17). The van der Waals surface area contributed by atoms with E-state index in [0.29, 0.717) is 24.5 Å². The zero-order valence-corrected chi connectivity index (χ0v) is 10.7. The van der Waals surface area contributed by atoms with Crippen molar-refractivity contribution in [2.75, 3.05) is 13.2 Å². The van der Waals surface area contributed by atoms with Gasteiger partial charge in [-0.05, 0) is 38.3 Å².